The molecule has 4 N–H and O–H groups in total. The van der Waals surface area contributed by atoms with Crippen molar-refractivity contribution in [1.29, 1.82) is 0 Å². The lowest BCUT2D eigenvalue weighted by Gasteiger charge is -2.28. The Balaban J connectivity index is 1.63. The van der Waals surface area contributed by atoms with Gasteiger partial charge in [-0.05, 0) is 50.6 Å². The lowest BCUT2D eigenvalue weighted by Crippen LogP contribution is -2.43. The second kappa shape index (κ2) is 12.7. The number of aliphatic hydroxyl groups is 1. The first kappa shape index (κ1) is 31.3. The van der Waals surface area contributed by atoms with Crippen LogP contribution in [0.1, 0.15) is 27.0 Å². The minimum Gasteiger partial charge on any atom is -0.479 e. The molecule has 2 aromatic heterocycles. The van der Waals surface area contributed by atoms with E-state index in [0.717, 1.165) is 0 Å². The zero-order valence-corrected chi connectivity index (χ0v) is 24.6. The van der Waals surface area contributed by atoms with Crippen LogP contribution in [0.25, 0.3) is 21.6 Å². The molecule has 1 unspecified atom stereocenters. The maximum Gasteiger partial charge on any atom is 0.459 e. The van der Waals surface area contributed by atoms with Gasteiger partial charge in [-0.3, -0.25) is 13.9 Å². The van der Waals surface area contributed by atoms with Crippen molar-refractivity contribution < 1.29 is 37.7 Å². The van der Waals surface area contributed by atoms with E-state index in [-0.39, 0.29) is 35.3 Å². The lowest BCUT2D eigenvalue weighted by atomic mass is 9.93. The predicted molar refractivity (Wildman–Crippen MR) is 149 cm³/mol. The van der Waals surface area contributed by atoms with E-state index in [0.29, 0.717) is 5.02 Å². The molecule has 0 amide bonds. The highest BCUT2D eigenvalue weighted by molar-refractivity contribution is 7.52. The summed E-state index contributed by atoms with van der Waals surface area (Å²) in [5.41, 5.74) is 14.0. The van der Waals surface area contributed by atoms with Crippen molar-refractivity contribution in [3.63, 3.8) is 0 Å². The number of methoxy groups -OCH3 is 1. The SMILES string of the molecule is CCOC(=O)[C@H](C)NP(=O)(OC[C@H]1O[C@@H](n2cnc3c(OC)nc(N)nc32)[C@](C)(N=[N+]=[N-])[C@@H]1O)Oc1ccc(Cl)cc1. The molecule has 3 heterocycles. The van der Waals surface area contributed by atoms with E-state index in [2.05, 4.69) is 30.1 Å². The standard InChI is InChI=1S/C23H29ClN9O8P/c1-5-38-20(35)12(2)30-42(36,41-14-8-6-13(24)7-9-14)39-10-15-17(34)23(3,31-32-26)21(40-15)33-11-27-16-18(33)28-22(25)29-19(16)37-4/h6-9,11-12,15,17,21,34H,5,10H2,1-4H3,(H,30,36)(H2,25,28,29)/t12-,15+,17+,21+,23+,42?/m0/s1. The van der Waals surface area contributed by atoms with E-state index in [1.165, 1.54) is 56.1 Å². The predicted octanol–water partition coefficient (Wildman–Crippen LogP) is 3.14. The van der Waals surface area contributed by atoms with Crippen molar-refractivity contribution in [2.45, 2.75) is 50.8 Å². The number of aliphatic hydroxyl groups excluding tert-OH is 1. The van der Waals surface area contributed by atoms with Crippen molar-refractivity contribution in [2.75, 3.05) is 26.1 Å². The summed E-state index contributed by atoms with van der Waals surface area (Å²) < 4.78 is 42.8. The molecule has 226 valence electrons. The first-order chi connectivity index (χ1) is 19.9. The molecule has 6 atom stereocenters. The highest BCUT2D eigenvalue weighted by Crippen LogP contribution is 2.48. The van der Waals surface area contributed by atoms with Gasteiger partial charge in [-0.15, -0.1) is 0 Å². The van der Waals surface area contributed by atoms with Crippen LogP contribution in [0.15, 0.2) is 35.7 Å². The highest BCUT2D eigenvalue weighted by atomic mass is 35.5. The second-order valence-electron chi connectivity index (χ2n) is 9.24. The van der Waals surface area contributed by atoms with Crippen LogP contribution in [0.4, 0.5) is 5.95 Å². The maximum absolute atomic E-state index is 13.9. The van der Waals surface area contributed by atoms with Crippen LogP contribution in [-0.4, -0.2) is 74.7 Å². The quantitative estimate of drug-likeness (QED) is 0.0864. The average molecular weight is 626 g/mol. The van der Waals surface area contributed by atoms with Crippen LogP contribution in [0.5, 0.6) is 11.6 Å². The number of fused-ring (bicyclic) bond motifs is 1. The number of hydrogen-bond acceptors (Lipinski definition) is 13. The maximum atomic E-state index is 13.9. The monoisotopic (exact) mass is 625 g/mol. The summed E-state index contributed by atoms with van der Waals surface area (Å²) in [5.74, 6) is -0.598. The Morgan fingerprint density at radius 1 is 1.40 bits per heavy atom. The van der Waals surface area contributed by atoms with E-state index in [1.807, 2.05) is 0 Å². The van der Waals surface area contributed by atoms with Gasteiger partial charge in [0.2, 0.25) is 11.8 Å². The number of nitrogens with zero attached hydrogens (tertiary/aromatic N) is 7. The number of ether oxygens (including phenoxy) is 3. The summed E-state index contributed by atoms with van der Waals surface area (Å²) in [7, 11) is -2.94. The van der Waals surface area contributed by atoms with Gasteiger partial charge in [0.15, 0.2) is 17.4 Å². The summed E-state index contributed by atoms with van der Waals surface area (Å²) in [5, 5.41) is 18.0. The number of azide groups is 1. The van der Waals surface area contributed by atoms with Gasteiger partial charge in [-0.25, -0.2) is 9.55 Å². The molecule has 1 aromatic carbocycles. The van der Waals surface area contributed by atoms with Crippen molar-refractivity contribution in [3.05, 3.63) is 46.1 Å². The molecule has 1 aliphatic heterocycles. The number of carbonyl (C=O) groups is 1. The van der Waals surface area contributed by atoms with E-state index in [1.54, 1.807) is 6.92 Å². The topological polar surface area (TPSA) is 231 Å². The molecular formula is C23H29ClN9O8P. The molecule has 1 aliphatic rings. The van der Waals surface area contributed by atoms with Crippen molar-refractivity contribution in [1.82, 2.24) is 24.6 Å². The number of benzene rings is 1. The zero-order valence-electron chi connectivity index (χ0n) is 22.9. The summed E-state index contributed by atoms with van der Waals surface area (Å²) in [6.07, 6.45) is -2.54. The Morgan fingerprint density at radius 3 is 2.76 bits per heavy atom. The van der Waals surface area contributed by atoms with Crippen LogP contribution in [0.2, 0.25) is 5.02 Å². The third-order valence-electron chi connectivity index (χ3n) is 6.31. The third kappa shape index (κ3) is 6.37. The summed E-state index contributed by atoms with van der Waals surface area (Å²) in [4.78, 5) is 27.6. The minimum absolute atomic E-state index is 0.0981. The number of esters is 1. The molecule has 17 nitrogen and oxygen atoms in total. The summed E-state index contributed by atoms with van der Waals surface area (Å²) >= 11 is 5.94. The van der Waals surface area contributed by atoms with Crippen LogP contribution >= 0.6 is 19.3 Å². The number of anilines is 1. The van der Waals surface area contributed by atoms with Gasteiger partial charge in [0.1, 0.15) is 23.4 Å². The largest absolute Gasteiger partial charge is 0.479 e. The molecule has 0 radical (unpaired) electrons. The number of nitrogen functional groups attached to an aromatic ring is 1. The normalized spacial score (nSPS) is 24.0. The van der Waals surface area contributed by atoms with Gasteiger partial charge in [-0.2, -0.15) is 15.1 Å². The molecule has 19 heteroatoms. The average Bonchev–Trinajstić information content (AvgIpc) is 3.46. The molecule has 0 aliphatic carbocycles. The summed E-state index contributed by atoms with van der Waals surface area (Å²) in [6.45, 7) is 4.07. The number of aromatic nitrogens is 4. The second-order valence-corrected chi connectivity index (χ2v) is 11.4. The van der Waals surface area contributed by atoms with Gasteiger partial charge in [0.05, 0.1) is 32.8 Å². The van der Waals surface area contributed by atoms with E-state index in [9.17, 15) is 20.0 Å². The first-order valence-electron chi connectivity index (χ1n) is 12.5. The van der Waals surface area contributed by atoms with Crippen LogP contribution in [0.3, 0.4) is 0 Å². The molecule has 4 rings (SSSR count). The Kier molecular flexibility index (Phi) is 9.43. The number of imidazole rings is 1. The van der Waals surface area contributed by atoms with Crippen LogP contribution in [-0.2, 0) is 23.4 Å². The fourth-order valence-corrected chi connectivity index (χ4v) is 5.88. The summed E-state index contributed by atoms with van der Waals surface area (Å²) in [6, 6.07) is 4.83. The van der Waals surface area contributed by atoms with Crippen molar-refractivity contribution in [3.8, 4) is 11.6 Å². The Labute approximate surface area is 244 Å². The van der Waals surface area contributed by atoms with Crippen LogP contribution < -0.4 is 20.1 Å². The lowest BCUT2D eigenvalue weighted by molar-refractivity contribution is -0.144. The Morgan fingerprint density at radius 2 is 2.12 bits per heavy atom. The molecule has 0 bridgehead atoms. The zero-order chi connectivity index (χ0) is 30.7. The van der Waals surface area contributed by atoms with E-state index < -0.39 is 50.3 Å². The van der Waals surface area contributed by atoms with Gasteiger partial charge < -0.3 is 29.6 Å². The fraction of sp³-hybridized carbons (Fsp3) is 0.478. The Bertz CT molecular complexity index is 1540. The number of hydrogen-bond donors (Lipinski definition) is 3. The number of halogens is 1. The number of nitrogens with one attached hydrogen (secondary N) is 1. The molecule has 1 saturated heterocycles. The van der Waals surface area contributed by atoms with Crippen molar-refractivity contribution in [2.24, 2.45) is 5.11 Å². The fourth-order valence-electron chi connectivity index (χ4n) is 4.26. The first-order valence-corrected chi connectivity index (χ1v) is 14.4. The van der Waals surface area contributed by atoms with E-state index in [4.69, 9.17) is 40.6 Å². The number of nitrogens with two attached hydrogens (primary N) is 1. The number of carbonyl (C=O) groups excluding carboxylic acids is 1. The highest BCUT2D eigenvalue weighted by Gasteiger charge is 2.55. The molecular weight excluding hydrogens is 597 g/mol. The van der Waals surface area contributed by atoms with Gasteiger partial charge >= 0.3 is 13.7 Å². The van der Waals surface area contributed by atoms with Gasteiger partial charge in [0.25, 0.3) is 0 Å². The van der Waals surface area contributed by atoms with Crippen LogP contribution in [0, 0.1) is 0 Å². The van der Waals surface area contributed by atoms with Crippen molar-refractivity contribution >= 4 is 42.4 Å². The van der Waals surface area contributed by atoms with Gasteiger partial charge in [0, 0.05) is 9.93 Å². The molecule has 1 fully saturated rings. The van der Waals surface area contributed by atoms with E-state index >= 15 is 0 Å². The molecule has 0 spiro atoms. The molecule has 3 aromatic rings. The third-order valence-corrected chi connectivity index (χ3v) is 8.20. The molecule has 42 heavy (non-hydrogen) atoms. The Hall–Kier alpha value is -3.69. The molecule has 0 saturated carbocycles. The minimum atomic E-state index is -4.32. The smallest absolute Gasteiger partial charge is 0.459 e. The number of rotatable bonds is 12. The van der Waals surface area contributed by atoms with Gasteiger partial charge in [-0.1, -0.05) is 16.7 Å².